The van der Waals surface area contributed by atoms with Crippen molar-refractivity contribution < 1.29 is 26.4 Å². The summed E-state index contributed by atoms with van der Waals surface area (Å²) in [5.74, 6) is -0.822. The van der Waals surface area contributed by atoms with E-state index in [9.17, 15) is 26.4 Å². The molecule has 0 aromatic heterocycles. The van der Waals surface area contributed by atoms with Crippen molar-refractivity contribution in [3.8, 4) is 0 Å². The first kappa shape index (κ1) is 26.6. The molecular weight excluding hydrogens is 492 g/mol. The smallest absolute Gasteiger partial charge is 0.255 e. The zero-order valence-electron chi connectivity index (χ0n) is 20.0. The molecule has 0 spiro atoms. The van der Waals surface area contributed by atoms with Gasteiger partial charge in [0, 0.05) is 27.2 Å². The van der Waals surface area contributed by atoms with Gasteiger partial charge in [0.25, 0.3) is 5.91 Å². The van der Waals surface area contributed by atoms with Gasteiger partial charge >= 0.3 is 0 Å². The molecule has 1 aliphatic heterocycles. The van der Waals surface area contributed by atoms with Gasteiger partial charge in [-0.05, 0) is 55.7 Å². The van der Waals surface area contributed by atoms with Gasteiger partial charge in [-0.15, -0.1) is 0 Å². The Hall–Kier alpha value is -2.96. The van der Waals surface area contributed by atoms with Gasteiger partial charge in [0.15, 0.2) is 0 Å². The summed E-state index contributed by atoms with van der Waals surface area (Å²) in [6.07, 6.45) is 3.89. The van der Waals surface area contributed by atoms with E-state index in [0.29, 0.717) is 24.3 Å². The molecule has 2 aromatic carbocycles. The number of piperidine rings is 1. The highest BCUT2D eigenvalue weighted by molar-refractivity contribution is 7.92. The Balaban J connectivity index is 1.81. The highest BCUT2D eigenvalue weighted by Gasteiger charge is 2.25. The number of amides is 2. The average molecular weight is 523 g/mol. The molecule has 0 aliphatic carbocycles. The molecule has 3 rings (SSSR count). The number of nitrogens with zero attached hydrogens (tertiary/aromatic N) is 3. The van der Waals surface area contributed by atoms with Crippen molar-refractivity contribution in [3.63, 3.8) is 0 Å². The normalized spacial score (nSPS) is 14.6. The third-order valence-corrected chi connectivity index (χ3v) is 8.64. The van der Waals surface area contributed by atoms with Gasteiger partial charge in [-0.1, -0.05) is 12.1 Å². The van der Waals surface area contributed by atoms with Gasteiger partial charge in [0.1, 0.15) is 6.54 Å². The molecule has 2 amide bonds. The zero-order chi connectivity index (χ0) is 25.8. The number of carbonyl (C=O) groups excluding carboxylic acids is 2. The van der Waals surface area contributed by atoms with E-state index in [4.69, 9.17) is 0 Å². The number of benzene rings is 2. The van der Waals surface area contributed by atoms with Crippen LogP contribution in [-0.2, 0) is 24.8 Å². The summed E-state index contributed by atoms with van der Waals surface area (Å²) in [6.45, 7) is 0.760. The van der Waals surface area contributed by atoms with Crippen LogP contribution in [0.4, 0.5) is 11.4 Å². The molecule has 1 fully saturated rings. The van der Waals surface area contributed by atoms with E-state index in [1.165, 1.54) is 38.4 Å². The average Bonchev–Trinajstić information content (AvgIpc) is 2.82. The molecule has 12 heteroatoms. The van der Waals surface area contributed by atoms with Gasteiger partial charge in [-0.2, -0.15) is 0 Å². The molecule has 2 aromatic rings. The Labute approximate surface area is 206 Å². The SMILES string of the molecule is CN(C)S(=O)(=O)c1ccc(N(CC(=O)Nc2ccccc2C(=O)N2CCCCC2)S(C)(=O)=O)cc1. The summed E-state index contributed by atoms with van der Waals surface area (Å²) in [6, 6.07) is 11.9. The highest BCUT2D eigenvalue weighted by atomic mass is 32.2. The number of carbonyl (C=O) groups is 2. The number of anilines is 2. The van der Waals surface area contributed by atoms with Crippen LogP contribution in [0, 0.1) is 0 Å². The number of sulfonamides is 2. The lowest BCUT2D eigenvalue weighted by Gasteiger charge is -2.27. The fourth-order valence-electron chi connectivity index (χ4n) is 3.76. The Morgan fingerprint density at radius 3 is 2.09 bits per heavy atom. The summed E-state index contributed by atoms with van der Waals surface area (Å²) in [7, 11) is -4.78. The van der Waals surface area contributed by atoms with Crippen molar-refractivity contribution >= 4 is 43.2 Å². The minimum atomic E-state index is -3.88. The van der Waals surface area contributed by atoms with Crippen LogP contribution >= 0.6 is 0 Å². The molecule has 0 saturated carbocycles. The van der Waals surface area contributed by atoms with E-state index >= 15 is 0 Å². The monoisotopic (exact) mass is 522 g/mol. The second kappa shape index (κ2) is 10.8. The maximum Gasteiger partial charge on any atom is 0.255 e. The van der Waals surface area contributed by atoms with E-state index in [1.807, 2.05) is 0 Å². The van der Waals surface area contributed by atoms with Crippen LogP contribution in [-0.4, -0.2) is 77.8 Å². The number of hydrogen-bond donors (Lipinski definition) is 1. The molecule has 0 bridgehead atoms. The Kier molecular flexibility index (Phi) is 8.18. The number of likely N-dealkylation sites (tertiary alicyclic amines) is 1. The molecule has 190 valence electrons. The second-order valence-corrected chi connectivity index (χ2v) is 12.6. The zero-order valence-corrected chi connectivity index (χ0v) is 21.6. The van der Waals surface area contributed by atoms with Crippen LogP contribution in [0.3, 0.4) is 0 Å². The summed E-state index contributed by atoms with van der Waals surface area (Å²) in [5, 5.41) is 2.66. The van der Waals surface area contributed by atoms with E-state index in [-0.39, 0.29) is 16.5 Å². The fourth-order valence-corrected chi connectivity index (χ4v) is 5.52. The standard InChI is InChI=1S/C23H30N4O6S2/c1-25(2)35(32,33)19-13-11-18(12-14-19)27(34(3,30)31)17-22(28)24-21-10-6-5-9-20(21)23(29)26-15-7-4-8-16-26/h5-6,9-14H,4,7-8,15-17H2,1-3H3,(H,24,28). The highest BCUT2D eigenvalue weighted by Crippen LogP contribution is 2.23. The molecule has 1 aliphatic rings. The fraction of sp³-hybridized carbons (Fsp3) is 0.391. The maximum absolute atomic E-state index is 13.0. The predicted molar refractivity (Wildman–Crippen MR) is 134 cm³/mol. The van der Waals surface area contributed by atoms with Crippen molar-refractivity contribution in [2.75, 3.05) is 49.6 Å². The number of hydrogen-bond acceptors (Lipinski definition) is 6. The molecule has 0 atom stereocenters. The molecule has 1 N–H and O–H groups in total. The molecular formula is C23H30N4O6S2. The molecule has 1 saturated heterocycles. The summed E-state index contributed by atoms with van der Waals surface area (Å²) >= 11 is 0. The van der Waals surface area contributed by atoms with Crippen molar-refractivity contribution in [1.29, 1.82) is 0 Å². The quantitative estimate of drug-likeness (QED) is 0.565. The summed E-state index contributed by atoms with van der Waals surface area (Å²) < 4.78 is 51.4. The van der Waals surface area contributed by atoms with Crippen LogP contribution < -0.4 is 9.62 Å². The van der Waals surface area contributed by atoms with Gasteiger partial charge in [0.05, 0.1) is 28.1 Å². The van der Waals surface area contributed by atoms with E-state index in [1.54, 1.807) is 29.2 Å². The van der Waals surface area contributed by atoms with Crippen LogP contribution in [0.2, 0.25) is 0 Å². The topological polar surface area (TPSA) is 124 Å². The molecule has 1 heterocycles. The molecule has 10 nitrogen and oxygen atoms in total. The first-order chi connectivity index (χ1) is 16.4. The first-order valence-corrected chi connectivity index (χ1v) is 14.4. The second-order valence-electron chi connectivity index (χ2n) is 8.50. The number of rotatable bonds is 8. The Bertz CT molecular complexity index is 1290. The minimum absolute atomic E-state index is 0.00527. The van der Waals surface area contributed by atoms with Gasteiger partial charge < -0.3 is 10.2 Å². The van der Waals surface area contributed by atoms with Gasteiger partial charge in [-0.25, -0.2) is 21.1 Å². The van der Waals surface area contributed by atoms with Crippen molar-refractivity contribution in [1.82, 2.24) is 9.21 Å². The molecule has 0 radical (unpaired) electrons. The third-order valence-electron chi connectivity index (χ3n) is 5.67. The maximum atomic E-state index is 13.0. The van der Waals surface area contributed by atoms with Crippen molar-refractivity contribution in [2.24, 2.45) is 0 Å². The lowest BCUT2D eigenvalue weighted by atomic mass is 10.1. The lowest BCUT2D eigenvalue weighted by Crippen LogP contribution is -2.38. The Morgan fingerprint density at radius 2 is 1.51 bits per heavy atom. The van der Waals surface area contributed by atoms with E-state index in [0.717, 1.165) is 34.1 Å². The van der Waals surface area contributed by atoms with Crippen LogP contribution in [0.15, 0.2) is 53.4 Å². The van der Waals surface area contributed by atoms with Crippen LogP contribution in [0.25, 0.3) is 0 Å². The Morgan fingerprint density at radius 1 is 0.914 bits per heavy atom. The van der Waals surface area contributed by atoms with Crippen molar-refractivity contribution in [2.45, 2.75) is 24.2 Å². The largest absolute Gasteiger partial charge is 0.339 e. The third kappa shape index (κ3) is 6.38. The minimum Gasteiger partial charge on any atom is -0.339 e. The molecule has 0 unspecified atom stereocenters. The van der Waals surface area contributed by atoms with E-state index < -0.39 is 32.5 Å². The first-order valence-electron chi connectivity index (χ1n) is 11.1. The molecule has 35 heavy (non-hydrogen) atoms. The van der Waals surface area contributed by atoms with E-state index in [2.05, 4.69) is 5.32 Å². The van der Waals surface area contributed by atoms with Crippen LogP contribution in [0.5, 0.6) is 0 Å². The van der Waals surface area contributed by atoms with Crippen molar-refractivity contribution in [3.05, 3.63) is 54.1 Å². The number of nitrogens with one attached hydrogen (secondary N) is 1. The van der Waals surface area contributed by atoms with Gasteiger partial charge in [-0.3, -0.25) is 13.9 Å². The summed E-state index contributed by atoms with van der Waals surface area (Å²) in [5.41, 5.74) is 0.777. The lowest BCUT2D eigenvalue weighted by molar-refractivity contribution is -0.114. The van der Waals surface area contributed by atoms with Crippen LogP contribution in [0.1, 0.15) is 29.6 Å². The van der Waals surface area contributed by atoms with Gasteiger partial charge in [0.2, 0.25) is 26.0 Å². The predicted octanol–water partition coefficient (Wildman–Crippen LogP) is 1.97. The summed E-state index contributed by atoms with van der Waals surface area (Å²) in [4.78, 5) is 27.6. The number of para-hydroxylation sites is 1.